The normalized spacial score (nSPS) is 17.3. The molecule has 1 heterocycles. The standard InChI is InChI=1S/C27H24FNO5/c1-16(2)34-20-14-12-19(13-15-20)29-24(21-6-4-5-7-22(21)33-3)23(26(31)27(29)32)25(30)17-8-10-18(28)11-9-17/h4-16,24,30H,1-3H3/b25-23-. The fraction of sp³-hybridized carbons (Fsp3) is 0.185. The molecule has 1 saturated heterocycles. The molecule has 0 aliphatic carbocycles. The third-order valence-corrected chi connectivity index (χ3v) is 5.48. The number of aliphatic hydroxyl groups is 1. The summed E-state index contributed by atoms with van der Waals surface area (Å²) in [6, 6.07) is 17.9. The summed E-state index contributed by atoms with van der Waals surface area (Å²) in [7, 11) is 1.49. The van der Waals surface area contributed by atoms with Gasteiger partial charge < -0.3 is 14.6 Å². The Morgan fingerprint density at radius 1 is 0.971 bits per heavy atom. The van der Waals surface area contributed by atoms with Crippen molar-refractivity contribution in [2.45, 2.75) is 26.0 Å². The van der Waals surface area contributed by atoms with Gasteiger partial charge in [-0.2, -0.15) is 0 Å². The van der Waals surface area contributed by atoms with Crippen LogP contribution in [0, 0.1) is 5.82 Å². The second-order valence-corrected chi connectivity index (χ2v) is 8.08. The number of halogens is 1. The average molecular weight is 461 g/mol. The molecule has 174 valence electrons. The van der Waals surface area contributed by atoms with Crippen molar-refractivity contribution in [3.8, 4) is 11.5 Å². The van der Waals surface area contributed by atoms with Gasteiger partial charge in [0.15, 0.2) is 0 Å². The molecule has 1 N–H and O–H groups in total. The summed E-state index contributed by atoms with van der Waals surface area (Å²) in [5.41, 5.74) is 1.09. The zero-order chi connectivity index (χ0) is 24.4. The Morgan fingerprint density at radius 3 is 2.24 bits per heavy atom. The topological polar surface area (TPSA) is 76.1 Å². The molecule has 7 heteroatoms. The molecule has 0 radical (unpaired) electrons. The molecule has 1 aliphatic rings. The molecule has 1 aliphatic heterocycles. The van der Waals surface area contributed by atoms with Crippen LogP contribution < -0.4 is 14.4 Å². The number of aliphatic hydroxyl groups excluding tert-OH is 1. The van der Waals surface area contributed by atoms with Crippen molar-refractivity contribution < 1.29 is 28.6 Å². The molecule has 0 spiro atoms. The Morgan fingerprint density at radius 2 is 1.62 bits per heavy atom. The minimum Gasteiger partial charge on any atom is -0.507 e. The van der Waals surface area contributed by atoms with E-state index in [4.69, 9.17) is 9.47 Å². The number of carbonyl (C=O) groups excluding carboxylic acids is 2. The maximum Gasteiger partial charge on any atom is 0.300 e. The first-order valence-electron chi connectivity index (χ1n) is 10.8. The van der Waals surface area contributed by atoms with Gasteiger partial charge in [0.2, 0.25) is 0 Å². The van der Waals surface area contributed by atoms with Crippen molar-refractivity contribution in [3.05, 3.63) is 95.3 Å². The third-order valence-electron chi connectivity index (χ3n) is 5.48. The number of hydrogen-bond acceptors (Lipinski definition) is 5. The number of methoxy groups -OCH3 is 1. The molecule has 3 aromatic rings. The monoisotopic (exact) mass is 461 g/mol. The number of nitrogens with zero attached hydrogens (tertiary/aromatic N) is 1. The van der Waals surface area contributed by atoms with Gasteiger partial charge in [-0.05, 0) is 68.4 Å². The van der Waals surface area contributed by atoms with E-state index in [0.29, 0.717) is 22.7 Å². The van der Waals surface area contributed by atoms with Crippen molar-refractivity contribution in [1.82, 2.24) is 0 Å². The van der Waals surface area contributed by atoms with Crippen molar-refractivity contribution >= 4 is 23.1 Å². The van der Waals surface area contributed by atoms with Crippen molar-refractivity contribution in [2.75, 3.05) is 12.0 Å². The van der Waals surface area contributed by atoms with Crippen LogP contribution in [0.15, 0.2) is 78.4 Å². The van der Waals surface area contributed by atoms with Gasteiger partial charge in [0.1, 0.15) is 23.1 Å². The highest BCUT2D eigenvalue weighted by Gasteiger charge is 2.47. The fourth-order valence-electron chi connectivity index (χ4n) is 4.01. The first-order valence-corrected chi connectivity index (χ1v) is 10.8. The van der Waals surface area contributed by atoms with Crippen LogP contribution in [-0.4, -0.2) is 30.0 Å². The molecular weight excluding hydrogens is 437 g/mol. The van der Waals surface area contributed by atoms with E-state index >= 15 is 0 Å². The second kappa shape index (κ2) is 9.39. The Bertz CT molecular complexity index is 1250. The summed E-state index contributed by atoms with van der Waals surface area (Å²) in [6.45, 7) is 3.81. The Balaban J connectivity index is 1.90. The summed E-state index contributed by atoms with van der Waals surface area (Å²) in [6.07, 6.45) is -0.0237. The van der Waals surface area contributed by atoms with Gasteiger partial charge in [-0.25, -0.2) is 4.39 Å². The lowest BCUT2D eigenvalue weighted by Gasteiger charge is -2.27. The quantitative estimate of drug-likeness (QED) is 0.308. The molecule has 0 saturated carbocycles. The largest absolute Gasteiger partial charge is 0.507 e. The van der Waals surface area contributed by atoms with Crippen molar-refractivity contribution in [2.24, 2.45) is 0 Å². The lowest BCUT2D eigenvalue weighted by molar-refractivity contribution is -0.132. The molecule has 1 atom stereocenters. The maximum atomic E-state index is 13.4. The SMILES string of the molecule is COc1ccccc1C1/C(=C(/O)c2ccc(F)cc2)C(=O)C(=O)N1c1ccc(OC(C)C)cc1. The second-order valence-electron chi connectivity index (χ2n) is 8.08. The lowest BCUT2D eigenvalue weighted by Crippen LogP contribution is -2.29. The van der Waals surface area contributed by atoms with Crippen LogP contribution in [0.3, 0.4) is 0 Å². The lowest BCUT2D eigenvalue weighted by atomic mass is 9.94. The van der Waals surface area contributed by atoms with E-state index in [9.17, 15) is 19.1 Å². The zero-order valence-corrected chi connectivity index (χ0v) is 19.0. The number of hydrogen-bond donors (Lipinski definition) is 1. The van der Waals surface area contributed by atoms with Gasteiger partial charge in [0.05, 0.1) is 24.8 Å². The summed E-state index contributed by atoms with van der Waals surface area (Å²) in [4.78, 5) is 27.8. The number of rotatable bonds is 6. The van der Waals surface area contributed by atoms with Crippen LogP contribution in [0.4, 0.5) is 10.1 Å². The average Bonchev–Trinajstić information content (AvgIpc) is 3.09. The van der Waals surface area contributed by atoms with Crippen LogP contribution in [0.25, 0.3) is 5.76 Å². The van der Waals surface area contributed by atoms with Gasteiger partial charge >= 0.3 is 0 Å². The van der Waals surface area contributed by atoms with Crippen molar-refractivity contribution in [1.29, 1.82) is 0 Å². The van der Waals surface area contributed by atoms with Gasteiger partial charge in [0, 0.05) is 16.8 Å². The first kappa shape index (κ1) is 23.0. The van der Waals surface area contributed by atoms with Crippen LogP contribution in [0.5, 0.6) is 11.5 Å². The number of carbonyl (C=O) groups is 2. The van der Waals surface area contributed by atoms with E-state index < -0.39 is 29.3 Å². The number of Topliss-reactive ketones (excluding diaryl/α,β-unsaturated/α-hetero) is 1. The van der Waals surface area contributed by atoms with E-state index in [1.165, 1.54) is 36.3 Å². The smallest absolute Gasteiger partial charge is 0.300 e. The molecular formula is C27H24FNO5. The molecule has 1 unspecified atom stereocenters. The van der Waals surface area contributed by atoms with Gasteiger partial charge in [-0.15, -0.1) is 0 Å². The molecule has 4 rings (SSSR count). The van der Waals surface area contributed by atoms with E-state index in [2.05, 4.69) is 0 Å². The minimum atomic E-state index is -0.960. The van der Waals surface area contributed by atoms with E-state index in [1.54, 1.807) is 48.5 Å². The van der Waals surface area contributed by atoms with E-state index in [1.807, 2.05) is 13.8 Å². The summed E-state index contributed by atoms with van der Waals surface area (Å²) in [5.74, 6) is -1.45. The molecule has 1 fully saturated rings. The number of benzene rings is 3. The Labute approximate surface area is 196 Å². The molecule has 0 aromatic heterocycles. The van der Waals surface area contributed by atoms with Gasteiger partial charge in [-0.1, -0.05) is 18.2 Å². The highest BCUT2D eigenvalue weighted by molar-refractivity contribution is 6.51. The highest BCUT2D eigenvalue weighted by atomic mass is 19.1. The van der Waals surface area contributed by atoms with Crippen LogP contribution in [0.2, 0.25) is 0 Å². The summed E-state index contributed by atoms with van der Waals surface area (Å²) < 4.78 is 24.6. The number of ether oxygens (including phenoxy) is 2. The number of para-hydroxylation sites is 1. The Hall–Kier alpha value is -4.13. The third kappa shape index (κ3) is 4.24. The van der Waals surface area contributed by atoms with Crippen LogP contribution in [0.1, 0.15) is 31.0 Å². The molecule has 0 bridgehead atoms. The fourth-order valence-corrected chi connectivity index (χ4v) is 4.01. The van der Waals surface area contributed by atoms with Gasteiger partial charge in [-0.3, -0.25) is 14.5 Å². The minimum absolute atomic E-state index is 0.0237. The summed E-state index contributed by atoms with van der Waals surface area (Å²) >= 11 is 0. The number of ketones is 1. The van der Waals surface area contributed by atoms with Crippen LogP contribution in [-0.2, 0) is 9.59 Å². The number of anilines is 1. The van der Waals surface area contributed by atoms with Gasteiger partial charge in [0.25, 0.3) is 11.7 Å². The highest BCUT2D eigenvalue weighted by Crippen LogP contribution is 2.45. The van der Waals surface area contributed by atoms with Crippen molar-refractivity contribution in [3.63, 3.8) is 0 Å². The maximum absolute atomic E-state index is 13.4. The zero-order valence-electron chi connectivity index (χ0n) is 19.0. The predicted molar refractivity (Wildman–Crippen MR) is 126 cm³/mol. The number of amides is 1. The predicted octanol–water partition coefficient (Wildman–Crippen LogP) is 5.25. The Kier molecular flexibility index (Phi) is 6.36. The van der Waals surface area contributed by atoms with Crippen LogP contribution >= 0.6 is 0 Å². The molecule has 6 nitrogen and oxygen atoms in total. The molecule has 1 amide bonds. The molecule has 3 aromatic carbocycles. The van der Waals surface area contributed by atoms with E-state index in [0.717, 1.165) is 0 Å². The van der Waals surface area contributed by atoms with E-state index in [-0.39, 0.29) is 17.2 Å². The summed E-state index contributed by atoms with van der Waals surface area (Å²) in [5, 5.41) is 11.1. The first-order chi connectivity index (χ1) is 16.3. The molecule has 34 heavy (non-hydrogen) atoms.